The highest BCUT2D eigenvalue weighted by Gasteiger charge is 2.47. The van der Waals surface area contributed by atoms with Gasteiger partial charge in [-0.3, -0.25) is 4.79 Å². The minimum Gasteiger partial charge on any atom is -0.481 e. The summed E-state index contributed by atoms with van der Waals surface area (Å²) in [6.07, 6.45) is 0.585. The van der Waals surface area contributed by atoms with E-state index in [-0.39, 0.29) is 5.41 Å². The lowest BCUT2D eigenvalue weighted by Gasteiger charge is -2.23. The zero-order valence-corrected chi connectivity index (χ0v) is 8.52. The van der Waals surface area contributed by atoms with Gasteiger partial charge in [0.25, 0.3) is 5.92 Å². The molecular formula is C10H16F2O2. The highest BCUT2D eigenvalue weighted by Crippen LogP contribution is 2.48. The van der Waals surface area contributed by atoms with E-state index >= 15 is 0 Å². The third-order valence-corrected chi connectivity index (χ3v) is 2.95. The number of carboxylic acids is 1. The van der Waals surface area contributed by atoms with Crippen LogP contribution in [0.2, 0.25) is 0 Å². The third-order valence-electron chi connectivity index (χ3n) is 2.95. The van der Waals surface area contributed by atoms with Crippen LogP contribution in [0, 0.1) is 11.3 Å². The molecular weight excluding hydrogens is 190 g/mol. The Morgan fingerprint density at radius 2 is 2.14 bits per heavy atom. The second-order valence-corrected chi connectivity index (χ2v) is 4.94. The van der Waals surface area contributed by atoms with E-state index < -0.39 is 24.2 Å². The molecule has 1 rings (SSSR count). The first kappa shape index (κ1) is 11.4. The number of rotatable bonds is 3. The predicted octanol–water partition coefficient (Wildman–Crippen LogP) is 2.92. The average molecular weight is 206 g/mol. The summed E-state index contributed by atoms with van der Waals surface area (Å²) in [7, 11) is 0. The number of carbonyl (C=O) groups is 1. The summed E-state index contributed by atoms with van der Waals surface area (Å²) < 4.78 is 26.7. The molecule has 1 fully saturated rings. The van der Waals surface area contributed by atoms with Gasteiger partial charge in [0.1, 0.15) is 6.42 Å². The van der Waals surface area contributed by atoms with Gasteiger partial charge in [0.15, 0.2) is 0 Å². The van der Waals surface area contributed by atoms with Gasteiger partial charge in [0.05, 0.1) is 0 Å². The van der Waals surface area contributed by atoms with Crippen molar-refractivity contribution in [2.24, 2.45) is 11.3 Å². The van der Waals surface area contributed by atoms with E-state index in [9.17, 15) is 13.6 Å². The standard InChI is InChI=1S/C10H16F2O2/c1-9(2)4-3-7(5-9)10(11,12)6-8(13)14/h7H,3-6H2,1-2H3,(H,13,14). The van der Waals surface area contributed by atoms with Gasteiger partial charge in [-0.15, -0.1) is 0 Å². The number of hydrogen-bond acceptors (Lipinski definition) is 1. The van der Waals surface area contributed by atoms with Crippen molar-refractivity contribution in [2.45, 2.75) is 45.5 Å². The van der Waals surface area contributed by atoms with Crippen molar-refractivity contribution in [1.82, 2.24) is 0 Å². The smallest absolute Gasteiger partial charge is 0.309 e. The topological polar surface area (TPSA) is 37.3 Å². The Labute approximate surface area is 82.3 Å². The fourth-order valence-electron chi connectivity index (χ4n) is 2.14. The maximum absolute atomic E-state index is 13.3. The Balaban J connectivity index is 2.61. The lowest BCUT2D eigenvalue weighted by atomic mass is 9.88. The van der Waals surface area contributed by atoms with Crippen LogP contribution >= 0.6 is 0 Å². The largest absolute Gasteiger partial charge is 0.481 e. The molecule has 1 atom stereocenters. The minimum absolute atomic E-state index is 0.0629. The third kappa shape index (κ3) is 2.66. The molecule has 4 heteroatoms. The van der Waals surface area contributed by atoms with Crippen LogP contribution in [-0.4, -0.2) is 17.0 Å². The van der Waals surface area contributed by atoms with Crippen molar-refractivity contribution in [1.29, 1.82) is 0 Å². The Kier molecular flexibility index (Phi) is 2.83. The van der Waals surface area contributed by atoms with Crippen LogP contribution in [0.25, 0.3) is 0 Å². The first-order valence-electron chi connectivity index (χ1n) is 4.83. The predicted molar refractivity (Wildman–Crippen MR) is 48.3 cm³/mol. The first-order chi connectivity index (χ1) is 6.23. The molecule has 0 aliphatic heterocycles. The van der Waals surface area contributed by atoms with Crippen molar-refractivity contribution in [3.05, 3.63) is 0 Å². The molecule has 0 spiro atoms. The van der Waals surface area contributed by atoms with Crippen molar-refractivity contribution >= 4 is 5.97 Å². The number of alkyl halides is 2. The van der Waals surface area contributed by atoms with Crippen LogP contribution in [0.4, 0.5) is 8.78 Å². The molecule has 1 unspecified atom stereocenters. The van der Waals surface area contributed by atoms with Gasteiger partial charge in [-0.05, 0) is 24.7 Å². The molecule has 1 N–H and O–H groups in total. The van der Waals surface area contributed by atoms with Gasteiger partial charge in [-0.1, -0.05) is 13.8 Å². The van der Waals surface area contributed by atoms with Crippen LogP contribution < -0.4 is 0 Å². The van der Waals surface area contributed by atoms with Crippen molar-refractivity contribution in [3.63, 3.8) is 0 Å². The zero-order valence-electron chi connectivity index (χ0n) is 8.52. The van der Waals surface area contributed by atoms with Crippen molar-refractivity contribution < 1.29 is 18.7 Å². The molecule has 0 aromatic rings. The van der Waals surface area contributed by atoms with Gasteiger partial charge < -0.3 is 5.11 Å². The number of halogens is 2. The Morgan fingerprint density at radius 3 is 2.50 bits per heavy atom. The zero-order chi connectivity index (χ0) is 11.0. The molecule has 0 amide bonds. The van der Waals surface area contributed by atoms with Gasteiger partial charge in [-0.2, -0.15) is 0 Å². The Bertz CT molecular complexity index is 236. The Hall–Kier alpha value is -0.670. The highest BCUT2D eigenvalue weighted by atomic mass is 19.3. The van der Waals surface area contributed by atoms with E-state index in [4.69, 9.17) is 5.11 Å². The molecule has 1 aliphatic rings. The summed E-state index contributed by atoms with van der Waals surface area (Å²) in [5.41, 5.74) is -0.0629. The molecule has 0 bridgehead atoms. The molecule has 0 saturated heterocycles. The van der Waals surface area contributed by atoms with E-state index in [2.05, 4.69) is 0 Å². The lowest BCUT2D eigenvalue weighted by molar-refractivity contribution is -0.149. The molecule has 0 heterocycles. The monoisotopic (exact) mass is 206 g/mol. The van der Waals surface area contributed by atoms with Crippen molar-refractivity contribution in [2.75, 3.05) is 0 Å². The van der Waals surface area contributed by atoms with Crippen LogP contribution in [-0.2, 0) is 4.79 Å². The number of hydrogen-bond donors (Lipinski definition) is 1. The normalized spacial score (nSPS) is 26.4. The van der Waals surface area contributed by atoms with E-state index in [1.807, 2.05) is 13.8 Å². The molecule has 2 nitrogen and oxygen atoms in total. The van der Waals surface area contributed by atoms with E-state index in [0.717, 1.165) is 6.42 Å². The summed E-state index contributed by atoms with van der Waals surface area (Å²) in [6, 6.07) is 0. The molecule has 1 saturated carbocycles. The van der Waals surface area contributed by atoms with Gasteiger partial charge >= 0.3 is 5.97 Å². The van der Waals surface area contributed by atoms with Crippen LogP contribution in [0.5, 0.6) is 0 Å². The Morgan fingerprint density at radius 1 is 1.57 bits per heavy atom. The van der Waals surface area contributed by atoms with Crippen molar-refractivity contribution in [3.8, 4) is 0 Å². The molecule has 82 valence electrons. The summed E-state index contributed by atoms with van der Waals surface area (Å²) in [5, 5.41) is 8.36. The maximum Gasteiger partial charge on any atom is 0.309 e. The second-order valence-electron chi connectivity index (χ2n) is 4.94. The van der Waals surface area contributed by atoms with Gasteiger partial charge in [0, 0.05) is 5.92 Å². The number of aliphatic carboxylic acids is 1. The second kappa shape index (κ2) is 3.48. The molecule has 0 aromatic heterocycles. The van der Waals surface area contributed by atoms with E-state index in [1.54, 1.807) is 0 Å². The number of carboxylic acid groups (broad SMARTS) is 1. The summed E-state index contributed by atoms with van der Waals surface area (Å²) in [6.45, 7) is 3.90. The van der Waals surface area contributed by atoms with E-state index in [0.29, 0.717) is 12.8 Å². The van der Waals surface area contributed by atoms with Crippen LogP contribution in [0.3, 0.4) is 0 Å². The molecule has 0 aromatic carbocycles. The molecule has 0 radical (unpaired) electrons. The highest BCUT2D eigenvalue weighted by molar-refractivity contribution is 5.67. The minimum atomic E-state index is -3.04. The average Bonchev–Trinajstić information content (AvgIpc) is 2.27. The first-order valence-corrected chi connectivity index (χ1v) is 4.83. The van der Waals surface area contributed by atoms with E-state index in [1.165, 1.54) is 0 Å². The van der Waals surface area contributed by atoms with Gasteiger partial charge in [-0.25, -0.2) is 8.78 Å². The summed E-state index contributed by atoms with van der Waals surface area (Å²) in [5.74, 6) is -5.21. The SMILES string of the molecule is CC1(C)CCC(C(F)(F)CC(=O)O)C1. The maximum atomic E-state index is 13.3. The molecule has 1 aliphatic carbocycles. The van der Waals surface area contributed by atoms with Crippen LogP contribution in [0.15, 0.2) is 0 Å². The van der Waals surface area contributed by atoms with Crippen LogP contribution in [0.1, 0.15) is 39.5 Å². The lowest BCUT2D eigenvalue weighted by Crippen LogP contribution is -2.30. The summed E-state index contributed by atoms with van der Waals surface area (Å²) >= 11 is 0. The fraction of sp³-hybridized carbons (Fsp3) is 0.900. The molecule has 14 heavy (non-hydrogen) atoms. The quantitative estimate of drug-likeness (QED) is 0.770. The van der Waals surface area contributed by atoms with Gasteiger partial charge in [0.2, 0.25) is 0 Å². The fourth-order valence-corrected chi connectivity index (χ4v) is 2.14. The summed E-state index contributed by atoms with van der Waals surface area (Å²) in [4.78, 5) is 10.3.